The van der Waals surface area contributed by atoms with Crippen molar-refractivity contribution in [2.24, 2.45) is 5.92 Å². The van der Waals surface area contributed by atoms with Gasteiger partial charge < -0.3 is 9.64 Å². The molecule has 3 aromatic carbocycles. The number of hydrogen-bond acceptors (Lipinski definition) is 6. The Morgan fingerprint density at radius 2 is 1.70 bits per heavy atom. The monoisotopic (exact) mass is 629 g/mol. The van der Waals surface area contributed by atoms with Crippen LogP contribution >= 0.6 is 0 Å². The first kappa shape index (κ1) is 29.7. The number of benzene rings is 3. The Morgan fingerprint density at radius 3 is 2.42 bits per heavy atom. The Balaban J connectivity index is 1.36. The summed E-state index contributed by atoms with van der Waals surface area (Å²) >= 11 is 0. The van der Waals surface area contributed by atoms with E-state index < -0.39 is 48.0 Å². The number of likely N-dealkylation sites (tertiary alicyclic amines) is 1. The quantitative estimate of drug-likeness (QED) is 0.385. The van der Waals surface area contributed by atoms with Crippen LogP contribution in [-0.4, -0.2) is 51.7 Å². The number of ether oxygens (including phenoxy) is 1. The van der Waals surface area contributed by atoms with Gasteiger partial charge in [-0.2, -0.15) is 0 Å². The molecule has 0 saturated carbocycles. The van der Waals surface area contributed by atoms with Crippen LogP contribution in [0.2, 0.25) is 0 Å². The Labute approximate surface area is 250 Å². The molecule has 0 bridgehead atoms. The maximum atomic E-state index is 14.6. The van der Waals surface area contributed by atoms with Gasteiger partial charge in [0.05, 0.1) is 22.4 Å². The predicted molar refractivity (Wildman–Crippen MR) is 157 cm³/mol. The second-order valence-corrected chi connectivity index (χ2v) is 16.2. The summed E-state index contributed by atoms with van der Waals surface area (Å²) in [5.41, 5.74) is 1.65. The molecule has 7 nitrogen and oxygen atoms in total. The highest BCUT2D eigenvalue weighted by Gasteiger charge is 2.61. The highest BCUT2D eigenvalue weighted by molar-refractivity contribution is 7.92. The highest BCUT2D eigenvalue weighted by atomic mass is 32.2. The normalized spacial score (nSPS) is 23.4. The van der Waals surface area contributed by atoms with Gasteiger partial charge in [0, 0.05) is 18.0 Å². The van der Waals surface area contributed by atoms with Gasteiger partial charge in [0.25, 0.3) is 0 Å². The van der Waals surface area contributed by atoms with Crippen molar-refractivity contribution in [3.05, 3.63) is 94.6 Å². The standard InChI is InChI=1S/C32H33F2NO6S2/c1-21-26(29(34)11-10-28(21)33)20-41-24-8-9-27-23(19-24)7-12-30-32(27,43(39,40)25-5-3-2-4-6-25)15-16-35(30)31(36)22-13-17-42(37,38)18-14-22/h2-6,8-11,19,22,30H,7,12-18,20H2,1H3/t30-,32-/m1/s1. The molecule has 2 atom stereocenters. The first-order valence-corrected chi connectivity index (χ1v) is 17.8. The maximum Gasteiger partial charge on any atom is 0.226 e. The summed E-state index contributed by atoms with van der Waals surface area (Å²) in [6.45, 7) is 1.54. The van der Waals surface area contributed by atoms with Crippen molar-refractivity contribution >= 4 is 25.6 Å². The number of aryl methyl sites for hydroxylation is 1. The van der Waals surface area contributed by atoms with Crippen molar-refractivity contribution in [1.29, 1.82) is 0 Å². The van der Waals surface area contributed by atoms with E-state index in [1.807, 2.05) is 0 Å². The van der Waals surface area contributed by atoms with Crippen LogP contribution in [0.4, 0.5) is 8.78 Å². The molecule has 2 fully saturated rings. The van der Waals surface area contributed by atoms with Crippen molar-refractivity contribution in [1.82, 2.24) is 4.90 Å². The van der Waals surface area contributed by atoms with Crippen LogP contribution < -0.4 is 4.74 Å². The lowest BCUT2D eigenvalue weighted by Gasteiger charge is -2.43. The summed E-state index contributed by atoms with van der Waals surface area (Å²) in [6, 6.07) is 14.9. The van der Waals surface area contributed by atoms with Gasteiger partial charge in [-0.3, -0.25) is 4.79 Å². The van der Waals surface area contributed by atoms with Crippen LogP contribution in [0.25, 0.3) is 0 Å². The minimum absolute atomic E-state index is 0.0416. The van der Waals surface area contributed by atoms with Gasteiger partial charge in [0.2, 0.25) is 5.91 Å². The Hall–Kier alpha value is -3.31. The van der Waals surface area contributed by atoms with Crippen molar-refractivity contribution < 1.29 is 35.1 Å². The lowest BCUT2D eigenvalue weighted by atomic mass is 9.78. The molecule has 0 spiro atoms. The molecule has 0 N–H and O–H groups in total. The van der Waals surface area contributed by atoms with Crippen molar-refractivity contribution in [2.45, 2.75) is 61.3 Å². The number of fused-ring (bicyclic) bond motifs is 3. The van der Waals surface area contributed by atoms with E-state index in [-0.39, 0.29) is 65.8 Å². The van der Waals surface area contributed by atoms with Crippen molar-refractivity contribution in [3.63, 3.8) is 0 Å². The third-order valence-corrected chi connectivity index (χ3v) is 13.7. The molecule has 0 aromatic heterocycles. The maximum absolute atomic E-state index is 14.6. The third-order valence-electron chi connectivity index (χ3n) is 9.44. The molecule has 2 aliphatic heterocycles. The molecular weight excluding hydrogens is 596 g/mol. The molecule has 1 amide bonds. The summed E-state index contributed by atoms with van der Waals surface area (Å²) in [4.78, 5) is 15.7. The van der Waals surface area contributed by atoms with E-state index in [1.165, 1.54) is 6.92 Å². The van der Waals surface area contributed by atoms with Gasteiger partial charge in [0.1, 0.15) is 38.6 Å². The van der Waals surface area contributed by atoms with Gasteiger partial charge in [-0.1, -0.05) is 24.3 Å². The van der Waals surface area contributed by atoms with Crippen LogP contribution in [0.3, 0.4) is 0 Å². The molecule has 0 unspecified atom stereocenters. The van der Waals surface area contributed by atoms with Crippen molar-refractivity contribution in [3.8, 4) is 5.75 Å². The van der Waals surface area contributed by atoms with E-state index in [0.717, 1.165) is 17.7 Å². The van der Waals surface area contributed by atoms with Gasteiger partial charge in [-0.25, -0.2) is 25.6 Å². The molecule has 0 radical (unpaired) electrons. The largest absolute Gasteiger partial charge is 0.489 e. The zero-order valence-electron chi connectivity index (χ0n) is 23.8. The molecular formula is C32H33F2NO6S2. The van der Waals surface area contributed by atoms with E-state index in [2.05, 4.69) is 0 Å². The fourth-order valence-electron chi connectivity index (χ4n) is 7.07. The van der Waals surface area contributed by atoms with Crippen LogP contribution in [-0.2, 0) is 42.2 Å². The average molecular weight is 630 g/mol. The summed E-state index contributed by atoms with van der Waals surface area (Å²) in [6.07, 6.45) is 1.57. The van der Waals surface area contributed by atoms with E-state index >= 15 is 0 Å². The zero-order valence-corrected chi connectivity index (χ0v) is 25.4. The highest BCUT2D eigenvalue weighted by Crippen LogP contribution is 2.53. The molecule has 1 aliphatic carbocycles. The number of hydrogen-bond donors (Lipinski definition) is 0. The number of carbonyl (C=O) groups is 1. The average Bonchev–Trinajstić information content (AvgIpc) is 3.41. The van der Waals surface area contributed by atoms with E-state index in [0.29, 0.717) is 24.2 Å². The molecule has 2 heterocycles. The summed E-state index contributed by atoms with van der Waals surface area (Å²) < 4.78 is 86.0. The molecule has 3 aromatic rings. The molecule has 3 aliphatic rings. The second kappa shape index (κ2) is 11.0. The number of carbonyl (C=O) groups excluding carboxylic acids is 1. The summed E-state index contributed by atoms with van der Waals surface area (Å²) in [5, 5.41) is 0. The number of sulfone groups is 2. The molecule has 2 saturated heterocycles. The summed E-state index contributed by atoms with van der Waals surface area (Å²) in [5.74, 6) is -1.41. The van der Waals surface area contributed by atoms with Crippen LogP contribution in [0.5, 0.6) is 5.75 Å². The second-order valence-electron chi connectivity index (χ2n) is 11.7. The zero-order chi connectivity index (χ0) is 30.6. The Bertz CT molecular complexity index is 1780. The Morgan fingerprint density at radius 1 is 1.00 bits per heavy atom. The third kappa shape index (κ3) is 5.04. The van der Waals surface area contributed by atoms with E-state index in [9.17, 15) is 30.4 Å². The van der Waals surface area contributed by atoms with E-state index in [1.54, 1.807) is 53.4 Å². The Kier molecular flexibility index (Phi) is 7.61. The van der Waals surface area contributed by atoms with Gasteiger partial charge in [-0.05, 0) is 92.1 Å². The first-order valence-electron chi connectivity index (χ1n) is 14.4. The lowest BCUT2D eigenvalue weighted by molar-refractivity contribution is -0.137. The van der Waals surface area contributed by atoms with Crippen LogP contribution in [0, 0.1) is 24.5 Å². The molecule has 11 heteroatoms. The minimum Gasteiger partial charge on any atom is -0.489 e. The van der Waals surface area contributed by atoms with Gasteiger partial charge in [0.15, 0.2) is 9.84 Å². The fourth-order valence-corrected chi connectivity index (χ4v) is 10.9. The number of rotatable bonds is 6. The minimum atomic E-state index is -4.00. The first-order chi connectivity index (χ1) is 20.4. The fraction of sp³-hybridized carbons (Fsp3) is 0.406. The van der Waals surface area contributed by atoms with Gasteiger partial charge >= 0.3 is 0 Å². The summed E-state index contributed by atoms with van der Waals surface area (Å²) in [7, 11) is -7.15. The lowest BCUT2D eigenvalue weighted by Crippen LogP contribution is -2.53. The molecule has 6 rings (SSSR count). The smallest absolute Gasteiger partial charge is 0.226 e. The predicted octanol–water partition coefficient (Wildman–Crippen LogP) is 4.89. The number of amides is 1. The van der Waals surface area contributed by atoms with Crippen LogP contribution in [0.1, 0.15) is 47.9 Å². The SMILES string of the molecule is Cc1c(F)ccc(F)c1COc1ccc2c(c1)CC[C@H]1N(C(=O)C3CCS(=O)(=O)CC3)CC[C@@]21S(=O)(=O)c1ccccc1. The topological polar surface area (TPSA) is 97.8 Å². The number of halogens is 2. The molecule has 43 heavy (non-hydrogen) atoms. The van der Waals surface area contributed by atoms with Gasteiger partial charge in [-0.15, -0.1) is 0 Å². The van der Waals surface area contributed by atoms with E-state index in [4.69, 9.17) is 4.74 Å². The number of nitrogens with zero attached hydrogens (tertiary/aromatic N) is 1. The van der Waals surface area contributed by atoms with Crippen molar-refractivity contribution in [2.75, 3.05) is 18.1 Å². The van der Waals surface area contributed by atoms with Crippen LogP contribution in [0.15, 0.2) is 65.6 Å². The molecule has 228 valence electrons.